The van der Waals surface area contributed by atoms with Crippen molar-refractivity contribution >= 4 is 27.7 Å². The molecule has 0 saturated carbocycles. The number of halogens is 1. The van der Waals surface area contributed by atoms with Crippen molar-refractivity contribution in [2.75, 3.05) is 0 Å². The van der Waals surface area contributed by atoms with Gasteiger partial charge < -0.3 is 5.73 Å². The zero-order chi connectivity index (χ0) is 12.3. The topological polar surface area (TPSA) is 51.8 Å². The van der Waals surface area contributed by atoms with E-state index in [0.29, 0.717) is 0 Å². The quantitative estimate of drug-likeness (QED) is 0.944. The van der Waals surface area contributed by atoms with Gasteiger partial charge in [0.15, 0.2) is 0 Å². The molecule has 0 aliphatic rings. The highest BCUT2D eigenvalue weighted by molar-refractivity contribution is 9.10. The van der Waals surface area contributed by atoms with Gasteiger partial charge in [-0.2, -0.15) is 0 Å². The third kappa shape index (κ3) is 3.52. The second-order valence-electron chi connectivity index (χ2n) is 3.63. The van der Waals surface area contributed by atoms with Crippen molar-refractivity contribution in [3.63, 3.8) is 0 Å². The van der Waals surface area contributed by atoms with Crippen molar-refractivity contribution in [3.8, 4) is 0 Å². The van der Waals surface area contributed by atoms with Gasteiger partial charge in [-0.25, -0.2) is 9.97 Å². The minimum Gasteiger partial charge on any atom is -0.324 e. The van der Waals surface area contributed by atoms with E-state index in [9.17, 15) is 0 Å². The molecule has 2 rings (SSSR count). The first kappa shape index (κ1) is 12.5. The Morgan fingerprint density at radius 2 is 2.06 bits per heavy atom. The molecule has 0 aliphatic carbocycles. The summed E-state index contributed by atoms with van der Waals surface area (Å²) >= 11 is 4.89. The highest BCUT2D eigenvalue weighted by atomic mass is 79.9. The van der Waals surface area contributed by atoms with E-state index in [1.165, 1.54) is 11.8 Å². The average molecular weight is 310 g/mol. The minimum atomic E-state index is 0.0234. The summed E-state index contributed by atoms with van der Waals surface area (Å²) in [5, 5.41) is 1.83. The molecule has 0 aromatic carbocycles. The van der Waals surface area contributed by atoms with E-state index in [2.05, 4.69) is 25.9 Å². The minimum absolute atomic E-state index is 0.0234. The standard InChI is InChI=1S/C12H12BrN3S/c1-8(14)9-4-5-15-12(6-9)17-11-3-2-10(13)7-16-11/h2-8H,14H2,1H3/t8-/m0/s1. The fourth-order valence-electron chi connectivity index (χ4n) is 1.29. The Bertz CT molecular complexity index is 499. The van der Waals surface area contributed by atoms with Gasteiger partial charge in [0, 0.05) is 22.9 Å². The molecule has 0 saturated heterocycles. The first-order valence-electron chi connectivity index (χ1n) is 5.16. The van der Waals surface area contributed by atoms with Gasteiger partial charge in [0.1, 0.15) is 10.1 Å². The van der Waals surface area contributed by atoms with E-state index in [-0.39, 0.29) is 6.04 Å². The molecule has 2 aromatic heterocycles. The highest BCUT2D eigenvalue weighted by Crippen LogP contribution is 2.26. The van der Waals surface area contributed by atoms with E-state index in [1.807, 2.05) is 31.2 Å². The molecular formula is C12H12BrN3S. The summed E-state index contributed by atoms with van der Waals surface area (Å²) in [6, 6.07) is 7.87. The van der Waals surface area contributed by atoms with Crippen LogP contribution in [-0.2, 0) is 0 Å². The molecule has 2 aromatic rings. The predicted molar refractivity (Wildman–Crippen MR) is 72.9 cm³/mol. The molecule has 0 fully saturated rings. The molecular weight excluding hydrogens is 298 g/mol. The normalized spacial score (nSPS) is 12.4. The Kier molecular flexibility index (Phi) is 4.15. The molecule has 0 aliphatic heterocycles. The lowest BCUT2D eigenvalue weighted by Crippen LogP contribution is -2.04. The third-order valence-electron chi connectivity index (χ3n) is 2.19. The van der Waals surface area contributed by atoms with Crippen LogP contribution in [0.4, 0.5) is 0 Å². The lowest BCUT2D eigenvalue weighted by molar-refractivity contribution is 0.808. The zero-order valence-corrected chi connectivity index (χ0v) is 11.7. The van der Waals surface area contributed by atoms with Crippen LogP contribution in [0.2, 0.25) is 0 Å². The summed E-state index contributed by atoms with van der Waals surface area (Å²) in [6.45, 7) is 1.96. The maximum absolute atomic E-state index is 5.84. The van der Waals surface area contributed by atoms with Crippen LogP contribution in [0.25, 0.3) is 0 Å². The molecule has 3 nitrogen and oxygen atoms in total. The van der Waals surface area contributed by atoms with Crippen molar-refractivity contribution in [2.24, 2.45) is 5.73 Å². The molecule has 0 radical (unpaired) electrons. The molecule has 2 N–H and O–H groups in total. The highest BCUT2D eigenvalue weighted by Gasteiger charge is 2.04. The second-order valence-corrected chi connectivity index (χ2v) is 5.59. The molecule has 0 unspecified atom stereocenters. The number of aromatic nitrogens is 2. The molecule has 0 bridgehead atoms. The Balaban J connectivity index is 2.18. The summed E-state index contributed by atoms with van der Waals surface area (Å²) in [6.07, 6.45) is 3.55. The van der Waals surface area contributed by atoms with E-state index >= 15 is 0 Å². The lowest BCUT2D eigenvalue weighted by atomic mass is 10.1. The number of nitrogens with zero attached hydrogens (tertiary/aromatic N) is 2. The summed E-state index contributed by atoms with van der Waals surface area (Å²) in [4.78, 5) is 8.59. The van der Waals surface area contributed by atoms with E-state index in [1.54, 1.807) is 12.4 Å². The van der Waals surface area contributed by atoms with Crippen molar-refractivity contribution in [3.05, 3.63) is 46.7 Å². The van der Waals surface area contributed by atoms with Gasteiger partial charge in [-0.1, -0.05) is 11.8 Å². The first-order chi connectivity index (χ1) is 8.15. The van der Waals surface area contributed by atoms with Crippen LogP contribution in [0.5, 0.6) is 0 Å². The fourth-order valence-corrected chi connectivity index (χ4v) is 2.29. The number of rotatable bonds is 3. The smallest absolute Gasteiger partial charge is 0.102 e. The van der Waals surface area contributed by atoms with Crippen molar-refractivity contribution < 1.29 is 0 Å². The number of hydrogen-bond donors (Lipinski definition) is 1. The van der Waals surface area contributed by atoms with E-state index in [4.69, 9.17) is 5.73 Å². The molecule has 5 heteroatoms. The number of hydrogen-bond acceptors (Lipinski definition) is 4. The Morgan fingerprint density at radius 3 is 2.71 bits per heavy atom. The third-order valence-corrected chi connectivity index (χ3v) is 3.55. The van der Waals surface area contributed by atoms with Crippen LogP contribution in [0, 0.1) is 0 Å². The van der Waals surface area contributed by atoms with Gasteiger partial charge in [-0.05, 0) is 52.7 Å². The zero-order valence-electron chi connectivity index (χ0n) is 9.30. The summed E-state index contributed by atoms with van der Waals surface area (Å²) in [5.74, 6) is 0. The van der Waals surface area contributed by atoms with Gasteiger partial charge in [-0.3, -0.25) is 0 Å². The van der Waals surface area contributed by atoms with Gasteiger partial charge >= 0.3 is 0 Å². The van der Waals surface area contributed by atoms with Crippen molar-refractivity contribution in [1.29, 1.82) is 0 Å². The monoisotopic (exact) mass is 309 g/mol. The van der Waals surface area contributed by atoms with Crippen LogP contribution < -0.4 is 5.73 Å². The number of nitrogens with two attached hydrogens (primary N) is 1. The maximum atomic E-state index is 5.84. The maximum Gasteiger partial charge on any atom is 0.102 e. The molecule has 2 heterocycles. The molecule has 0 amide bonds. The lowest BCUT2D eigenvalue weighted by Gasteiger charge is -2.06. The predicted octanol–water partition coefficient (Wildman–Crippen LogP) is 3.41. The molecule has 0 spiro atoms. The van der Waals surface area contributed by atoms with Crippen LogP contribution in [0.1, 0.15) is 18.5 Å². The molecule has 17 heavy (non-hydrogen) atoms. The second kappa shape index (κ2) is 5.62. The average Bonchev–Trinajstić information content (AvgIpc) is 2.32. The number of pyridine rings is 2. The Hall–Kier alpha value is -0.910. The first-order valence-corrected chi connectivity index (χ1v) is 6.77. The van der Waals surface area contributed by atoms with E-state index < -0.39 is 0 Å². The Labute approximate surface area is 113 Å². The van der Waals surface area contributed by atoms with Gasteiger partial charge in [0.05, 0.1) is 0 Å². The SMILES string of the molecule is C[C@H](N)c1ccnc(Sc2ccc(Br)cn2)c1. The Morgan fingerprint density at radius 1 is 1.24 bits per heavy atom. The van der Waals surface area contributed by atoms with Crippen LogP contribution in [-0.4, -0.2) is 9.97 Å². The van der Waals surface area contributed by atoms with Crippen LogP contribution in [0.3, 0.4) is 0 Å². The molecule has 1 atom stereocenters. The van der Waals surface area contributed by atoms with Crippen molar-refractivity contribution in [1.82, 2.24) is 9.97 Å². The van der Waals surface area contributed by atoms with E-state index in [0.717, 1.165) is 20.1 Å². The molecule has 88 valence electrons. The summed E-state index contributed by atoms with van der Waals surface area (Å²) in [5.41, 5.74) is 6.92. The van der Waals surface area contributed by atoms with Gasteiger partial charge in [0.2, 0.25) is 0 Å². The van der Waals surface area contributed by atoms with Crippen molar-refractivity contribution in [2.45, 2.75) is 23.0 Å². The van der Waals surface area contributed by atoms with Crippen LogP contribution >= 0.6 is 27.7 Å². The fraction of sp³-hybridized carbons (Fsp3) is 0.167. The summed E-state index contributed by atoms with van der Waals surface area (Å²) in [7, 11) is 0. The van der Waals surface area contributed by atoms with Gasteiger partial charge in [0.25, 0.3) is 0 Å². The van der Waals surface area contributed by atoms with Gasteiger partial charge in [-0.15, -0.1) is 0 Å². The summed E-state index contributed by atoms with van der Waals surface area (Å²) < 4.78 is 0.971. The van der Waals surface area contributed by atoms with Crippen LogP contribution in [0.15, 0.2) is 51.2 Å². The largest absolute Gasteiger partial charge is 0.324 e.